The summed E-state index contributed by atoms with van der Waals surface area (Å²) in [5.41, 5.74) is 3.70. The van der Waals surface area contributed by atoms with Gasteiger partial charge in [0, 0.05) is 23.0 Å². The number of fused-ring (bicyclic) bond motifs is 1. The van der Waals surface area contributed by atoms with Gasteiger partial charge in [0.25, 0.3) is 5.56 Å². The minimum atomic E-state index is -0.630. The zero-order chi connectivity index (χ0) is 27.7. The van der Waals surface area contributed by atoms with Crippen LogP contribution in [0, 0.1) is 19.7 Å². The molecule has 5 aromatic rings. The van der Waals surface area contributed by atoms with E-state index in [2.05, 4.69) is 52.2 Å². The van der Waals surface area contributed by atoms with Crippen molar-refractivity contribution in [2.24, 2.45) is 0 Å². The second kappa shape index (κ2) is 10.6. The van der Waals surface area contributed by atoms with Crippen molar-refractivity contribution in [3.8, 4) is 0 Å². The number of halogens is 1. The fourth-order valence-electron chi connectivity index (χ4n) is 5.00. The lowest BCUT2D eigenvalue weighted by Crippen LogP contribution is -2.38. The summed E-state index contributed by atoms with van der Waals surface area (Å²) in [5, 5.41) is 13.9. The Hall–Kier alpha value is -4.11. The number of H-pyrrole nitrogens is 1. The Morgan fingerprint density at radius 2 is 1.87 bits per heavy atom. The Labute approximate surface area is 226 Å². The number of nitrogens with one attached hydrogen (secondary N) is 1. The number of benzene rings is 2. The van der Waals surface area contributed by atoms with Gasteiger partial charge in [-0.25, -0.2) is 9.07 Å². The first kappa shape index (κ1) is 26.5. The zero-order valence-corrected chi connectivity index (χ0v) is 22.9. The molecule has 0 spiro atoms. The van der Waals surface area contributed by atoms with Crippen molar-refractivity contribution in [2.45, 2.75) is 65.7 Å². The largest absolute Gasteiger partial charge is 0.468 e. The smallest absolute Gasteiger partial charge is 0.253 e. The third kappa shape index (κ3) is 5.40. The highest BCUT2D eigenvalue weighted by atomic mass is 19.1. The maximum Gasteiger partial charge on any atom is 0.253 e. The molecule has 0 aliphatic heterocycles. The minimum absolute atomic E-state index is 0.218. The summed E-state index contributed by atoms with van der Waals surface area (Å²) in [6.45, 7) is 11.0. The van der Waals surface area contributed by atoms with Gasteiger partial charge in [-0.15, -0.1) is 5.10 Å². The quantitative estimate of drug-likeness (QED) is 0.260. The van der Waals surface area contributed by atoms with Crippen LogP contribution in [0.15, 0.2) is 70.1 Å². The monoisotopic (exact) mass is 528 g/mol. The lowest BCUT2D eigenvalue weighted by molar-refractivity contribution is 0.168. The summed E-state index contributed by atoms with van der Waals surface area (Å²) in [5.74, 6) is 0.961. The molecule has 9 heteroatoms. The van der Waals surface area contributed by atoms with E-state index in [1.165, 1.54) is 12.1 Å². The van der Waals surface area contributed by atoms with Crippen molar-refractivity contribution in [2.75, 3.05) is 0 Å². The van der Waals surface area contributed by atoms with Gasteiger partial charge in [0.15, 0.2) is 5.82 Å². The van der Waals surface area contributed by atoms with E-state index in [0.29, 0.717) is 24.5 Å². The molecular formula is C30H33FN6O2. The second-order valence-corrected chi connectivity index (χ2v) is 10.7. The molecule has 0 saturated carbocycles. The molecule has 8 nitrogen and oxygen atoms in total. The number of hydrogen-bond acceptors (Lipinski definition) is 6. The van der Waals surface area contributed by atoms with Crippen molar-refractivity contribution < 1.29 is 8.81 Å². The van der Waals surface area contributed by atoms with Crippen LogP contribution >= 0.6 is 0 Å². The maximum absolute atomic E-state index is 13.8. The minimum Gasteiger partial charge on any atom is -0.468 e. The Kier molecular flexibility index (Phi) is 7.18. The van der Waals surface area contributed by atoms with E-state index in [1.54, 1.807) is 18.4 Å². The summed E-state index contributed by atoms with van der Waals surface area (Å²) in [6.07, 6.45) is 2.40. The van der Waals surface area contributed by atoms with Gasteiger partial charge in [-0.1, -0.05) is 25.1 Å². The molecule has 0 aliphatic rings. The highest BCUT2D eigenvalue weighted by Gasteiger charge is 2.35. The van der Waals surface area contributed by atoms with Crippen molar-refractivity contribution >= 4 is 10.9 Å². The molecule has 1 atom stereocenters. The molecule has 39 heavy (non-hydrogen) atoms. The van der Waals surface area contributed by atoms with E-state index in [1.807, 2.05) is 42.8 Å². The fraction of sp³-hybridized carbons (Fsp3) is 0.333. The van der Waals surface area contributed by atoms with Crippen LogP contribution in [0.2, 0.25) is 0 Å². The summed E-state index contributed by atoms with van der Waals surface area (Å²) in [6, 6.07) is 15.5. The normalized spacial score (nSPS) is 12.9. The van der Waals surface area contributed by atoms with Gasteiger partial charge >= 0.3 is 0 Å². The molecule has 2 aromatic carbocycles. The summed E-state index contributed by atoms with van der Waals surface area (Å²) >= 11 is 0. The molecular weight excluding hydrogens is 495 g/mol. The molecule has 0 aliphatic carbocycles. The number of aryl methyl sites for hydroxylation is 2. The first-order valence-electron chi connectivity index (χ1n) is 13.1. The van der Waals surface area contributed by atoms with Crippen LogP contribution < -0.4 is 5.56 Å². The molecule has 0 radical (unpaired) electrons. The third-order valence-corrected chi connectivity index (χ3v) is 7.42. The third-order valence-electron chi connectivity index (χ3n) is 7.42. The van der Waals surface area contributed by atoms with Crippen LogP contribution in [0.4, 0.5) is 4.39 Å². The Balaban J connectivity index is 1.75. The predicted molar refractivity (Wildman–Crippen MR) is 148 cm³/mol. The van der Waals surface area contributed by atoms with Gasteiger partial charge in [0.2, 0.25) is 0 Å². The lowest BCUT2D eigenvalue weighted by Gasteiger charge is -2.33. The average molecular weight is 529 g/mol. The first-order valence-corrected chi connectivity index (χ1v) is 13.1. The summed E-state index contributed by atoms with van der Waals surface area (Å²) < 4.78 is 21.3. The van der Waals surface area contributed by atoms with Gasteiger partial charge in [-0.05, 0) is 97.6 Å². The molecule has 202 valence electrons. The van der Waals surface area contributed by atoms with Crippen molar-refractivity contribution in [3.63, 3.8) is 0 Å². The second-order valence-electron chi connectivity index (χ2n) is 10.7. The van der Waals surface area contributed by atoms with Crippen molar-refractivity contribution in [1.29, 1.82) is 0 Å². The first-order chi connectivity index (χ1) is 18.7. The number of pyridine rings is 1. The highest BCUT2D eigenvalue weighted by Crippen LogP contribution is 2.33. The van der Waals surface area contributed by atoms with E-state index in [4.69, 9.17) is 4.42 Å². The van der Waals surface area contributed by atoms with E-state index < -0.39 is 11.6 Å². The number of aromatic amines is 1. The summed E-state index contributed by atoms with van der Waals surface area (Å²) in [7, 11) is 0. The van der Waals surface area contributed by atoms with Gasteiger partial charge in [-0.3, -0.25) is 9.69 Å². The van der Waals surface area contributed by atoms with Gasteiger partial charge < -0.3 is 9.40 Å². The Morgan fingerprint density at radius 1 is 1.10 bits per heavy atom. The highest BCUT2D eigenvalue weighted by molar-refractivity contribution is 5.83. The predicted octanol–water partition coefficient (Wildman–Crippen LogP) is 5.80. The topological polar surface area (TPSA) is 92.8 Å². The molecule has 0 saturated heterocycles. The van der Waals surface area contributed by atoms with Crippen LogP contribution in [0.1, 0.15) is 67.1 Å². The maximum atomic E-state index is 13.8. The number of hydrogen-bond donors (Lipinski definition) is 1. The number of nitrogens with zero attached hydrogens (tertiary/aromatic N) is 5. The number of rotatable bonds is 9. The van der Waals surface area contributed by atoms with Crippen LogP contribution in [-0.4, -0.2) is 30.1 Å². The lowest BCUT2D eigenvalue weighted by atomic mass is 9.97. The number of furan rings is 1. The molecule has 0 amide bonds. The summed E-state index contributed by atoms with van der Waals surface area (Å²) in [4.78, 5) is 19.0. The van der Waals surface area contributed by atoms with Crippen LogP contribution in [0.5, 0.6) is 0 Å². The van der Waals surface area contributed by atoms with Crippen molar-refractivity contribution in [1.82, 2.24) is 30.1 Å². The molecule has 1 N–H and O–H groups in total. The molecule has 5 rings (SSSR count). The van der Waals surface area contributed by atoms with E-state index >= 15 is 0 Å². The molecule has 0 unspecified atom stereocenters. The standard InChI is InChI=1S/C30H33FN6O2/c1-6-30(4,5)37-28(33-34-35-37)27(25-16-24-20(3)14-19(2)15-26(24)32-29(25)38)36(18-23-8-7-13-39-23)17-21-9-11-22(31)12-10-21/h7-16,27H,6,17-18H2,1-5H3,(H,32,38)/t27-/m0/s1. The average Bonchev–Trinajstić information content (AvgIpc) is 3.59. The van der Waals surface area contributed by atoms with Crippen molar-refractivity contribution in [3.05, 3.63) is 111 Å². The van der Waals surface area contributed by atoms with Gasteiger partial charge in [0.05, 0.1) is 18.3 Å². The zero-order valence-electron chi connectivity index (χ0n) is 22.9. The van der Waals surface area contributed by atoms with E-state index in [9.17, 15) is 9.18 Å². The molecule has 0 fully saturated rings. The molecule has 3 heterocycles. The molecule has 3 aromatic heterocycles. The van der Waals surface area contributed by atoms with Crippen LogP contribution in [0.3, 0.4) is 0 Å². The van der Waals surface area contributed by atoms with Gasteiger partial charge in [0.1, 0.15) is 17.6 Å². The SMILES string of the molecule is CCC(C)(C)n1nnnc1[C@H](c1cc2c(C)cc(C)cc2[nH]c1=O)N(Cc1ccc(F)cc1)Cc1ccco1. The Bertz CT molecular complexity index is 1640. The number of aromatic nitrogens is 5. The van der Waals surface area contributed by atoms with E-state index in [-0.39, 0.29) is 11.4 Å². The number of tetrazole rings is 1. The van der Waals surface area contributed by atoms with Crippen LogP contribution in [0.25, 0.3) is 10.9 Å². The van der Waals surface area contributed by atoms with E-state index in [0.717, 1.165) is 39.8 Å². The van der Waals surface area contributed by atoms with Gasteiger partial charge in [-0.2, -0.15) is 0 Å². The Morgan fingerprint density at radius 3 is 2.56 bits per heavy atom. The fourth-order valence-corrected chi connectivity index (χ4v) is 5.00. The molecule has 0 bridgehead atoms. The van der Waals surface area contributed by atoms with Crippen LogP contribution in [-0.2, 0) is 18.6 Å².